The van der Waals surface area contributed by atoms with Gasteiger partial charge in [-0.15, -0.1) is 0 Å². The summed E-state index contributed by atoms with van der Waals surface area (Å²) in [7, 11) is 3.92. The van der Waals surface area contributed by atoms with Crippen LogP contribution in [0.3, 0.4) is 0 Å². The van der Waals surface area contributed by atoms with Crippen molar-refractivity contribution in [2.24, 2.45) is 0 Å². The lowest BCUT2D eigenvalue weighted by molar-refractivity contribution is 0.379. The molecular weight excluding hydrogens is 266 g/mol. The standard InChI is InChI=1S/C14H19N3O2.C2H6/c1-4-16-13(18)11-7-5-6-8-12(11)17(14(16)19)10-9-15(2)3;1-2/h5-8H,4,9-10H2,1-3H3;1-2H3. The van der Waals surface area contributed by atoms with Gasteiger partial charge in [-0.2, -0.15) is 0 Å². The zero-order chi connectivity index (χ0) is 16.0. The molecule has 0 aliphatic carbocycles. The number of para-hydroxylation sites is 1. The van der Waals surface area contributed by atoms with E-state index in [4.69, 9.17) is 0 Å². The van der Waals surface area contributed by atoms with Crippen molar-refractivity contribution >= 4 is 10.9 Å². The fraction of sp³-hybridized carbons (Fsp3) is 0.500. The van der Waals surface area contributed by atoms with Crippen LogP contribution in [0.4, 0.5) is 0 Å². The fourth-order valence-corrected chi connectivity index (χ4v) is 2.17. The maximum Gasteiger partial charge on any atom is 0.331 e. The molecule has 2 rings (SSSR count). The van der Waals surface area contributed by atoms with Crippen LogP contribution in [0.15, 0.2) is 33.9 Å². The number of benzene rings is 1. The highest BCUT2D eigenvalue weighted by Gasteiger charge is 2.11. The number of rotatable bonds is 4. The lowest BCUT2D eigenvalue weighted by Gasteiger charge is -2.15. The number of aromatic nitrogens is 2. The molecule has 0 spiro atoms. The van der Waals surface area contributed by atoms with E-state index in [0.717, 1.165) is 6.54 Å². The van der Waals surface area contributed by atoms with Gasteiger partial charge in [0.15, 0.2) is 0 Å². The summed E-state index contributed by atoms with van der Waals surface area (Å²) in [5.74, 6) is 0. The van der Waals surface area contributed by atoms with Crippen LogP contribution in [-0.4, -0.2) is 34.7 Å². The lowest BCUT2D eigenvalue weighted by Crippen LogP contribution is -2.40. The van der Waals surface area contributed by atoms with Gasteiger partial charge in [-0.3, -0.25) is 13.9 Å². The molecule has 5 heteroatoms. The average Bonchev–Trinajstić information content (AvgIpc) is 2.49. The lowest BCUT2D eigenvalue weighted by atomic mass is 10.2. The highest BCUT2D eigenvalue weighted by Crippen LogP contribution is 2.07. The Kier molecular flexibility index (Phi) is 6.37. The van der Waals surface area contributed by atoms with Crippen molar-refractivity contribution in [3.63, 3.8) is 0 Å². The molecule has 0 saturated carbocycles. The van der Waals surface area contributed by atoms with E-state index in [1.807, 2.05) is 58.0 Å². The van der Waals surface area contributed by atoms with E-state index in [1.54, 1.807) is 10.6 Å². The van der Waals surface area contributed by atoms with E-state index in [9.17, 15) is 9.59 Å². The summed E-state index contributed by atoms with van der Waals surface area (Å²) in [6, 6.07) is 7.28. The first-order valence-corrected chi connectivity index (χ1v) is 7.43. The first-order chi connectivity index (χ1) is 10.1. The van der Waals surface area contributed by atoms with Gasteiger partial charge in [-0.1, -0.05) is 26.0 Å². The highest BCUT2D eigenvalue weighted by atomic mass is 16.2. The Morgan fingerprint density at radius 1 is 1.05 bits per heavy atom. The molecule has 0 amide bonds. The molecule has 116 valence electrons. The molecule has 0 saturated heterocycles. The van der Waals surface area contributed by atoms with Gasteiger partial charge in [0.05, 0.1) is 10.9 Å². The van der Waals surface area contributed by atoms with Crippen LogP contribution in [0.25, 0.3) is 10.9 Å². The van der Waals surface area contributed by atoms with E-state index >= 15 is 0 Å². The number of likely N-dealkylation sites (N-methyl/N-ethyl adjacent to an activating group) is 1. The first kappa shape index (κ1) is 17.2. The molecule has 0 radical (unpaired) electrons. The Hall–Kier alpha value is -1.88. The third-order valence-electron chi connectivity index (χ3n) is 3.22. The van der Waals surface area contributed by atoms with Crippen molar-refractivity contribution in [2.45, 2.75) is 33.9 Å². The molecule has 0 bridgehead atoms. The summed E-state index contributed by atoms with van der Waals surface area (Å²) >= 11 is 0. The Balaban J connectivity index is 0.00000106. The SMILES string of the molecule is CC.CCn1c(=O)c2ccccc2n(CCN(C)C)c1=O. The molecule has 0 unspecified atom stereocenters. The number of fused-ring (bicyclic) bond motifs is 1. The molecule has 2 aromatic rings. The number of nitrogens with zero attached hydrogens (tertiary/aromatic N) is 3. The van der Waals surface area contributed by atoms with E-state index < -0.39 is 0 Å². The maximum absolute atomic E-state index is 12.4. The summed E-state index contributed by atoms with van der Waals surface area (Å²) in [4.78, 5) is 26.6. The topological polar surface area (TPSA) is 47.2 Å². The normalized spacial score (nSPS) is 10.6. The largest absolute Gasteiger partial charge is 0.331 e. The predicted molar refractivity (Wildman–Crippen MR) is 88.0 cm³/mol. The molecule has 0 atom stereocenters. The molecule has 0 aliphatic heterocycles. The van der Waals surface area contributed by atoms with Crippen molar-refractivity contribution in [3.8, 4) is 0 Å². The van der Waals surface area contributed by atoms with Crippen molar-refractivity contribution in [1.29, 1.82) is 0 Å². The van der Waals surface area contributed by atoms with Crippen LogP contribution in [0, 0.1) is 0 Å². The van der Waals surface area contributed by atoms with Gasteiger partial charge < -0.3 is 4.90 Å². The summed E-state index contributed by atoms with van der Waals surface area (Å²) in [6.07, 6.45) is 0. The van der Waals surface area contributed by atoms with Gasteiger partial charge in [-0.05, 0) is 33.2 Å². The van der Waals surface area contributed by atoms with Crippen molar-refractivity contribution in [1.82, 2.24) is 14.0 Å². The van der Waals surface area contributed by atoms with Crippen LogP contribution < -0.4 is 11.2 Å². The summed E-state index contributed by atoms with van der Waals surface area (Å²) in [5, 5.41) is 0.600. The number of hydrogen-bond acceptors (Lipinski definition) is 3. The zero-order valence-corrected chi connectivity index (χ0v) is 13.6. The second-order valence-corrected chi connectivity index (χ2v) is 4.80. The molecule has 0 aliphatic rings. The molecule has 21 heavy (non-hydrogen) atoms. The van der Waals surface area contributed by atoms with Gasteiger partial charge >= 0.3 is 5.69 Å². The molecular formula is C16H25N3O2. The van der Waals surface area contributed by atoms with E-state index in [1.165, 1.54) is 4.57 Å². The van der Waals surface area contributed by atoms with E-state index in [0.29, 0.717) is 24.0 Å². The second kappa shape index (κ2) is 7.78. The van der Waals surface area contributed by atoms with Gasteiger partial charge in [0.1, 0.15) is 0 Å². The van der Waals surface area contributed by atoms with Gasteiger partial charge in [0, 0.05) is 19.6 Å². The minimum Gasteiger partial charge on any atom is -0.308 e. The predicted octanol–water partition coefficient (Wildman–Crippen LogP) is 1.77. The summed E-state index contributed by atoms with van der Waals surface area (Å²) in [6.45, 7) is 7.54. The molecule has 0 fully saturated rings. The van der Waals surface area contributed by atoms with Gasteiger partial charge in [-0.25, -0.2) is 4.79 Å². The van der Waals surface area contributed by atoms with E-state index in [2.05, 4.69) is 0 Å². The Labute approximate surface area is 125 Å². The third-order valence-corrected chi connectivity index (χ3v) is 3.22. The smallest absolute Gasteiger partial charge is 0.308 e. The monoisotopic (exact) mass is 291 g/mol. The third kappa shape index (κ3) is 3.61. The minimum absolute atomic E-state index is 0.204. The van der Waals surface area contributed by atoms with Crippen LogP contribution in [0.5, 0.6) is 0 Å². The minimum atomic E-state index is -0.229. The average molecular weight is 291 g/mol. The van der Waals surface area contributed by atoms with Crippen molar-refractivity contribution < 1.29 is 0 Å². The van der Waals surface area contributed by atoms with Crippen LogP contribution >= 0.6 is 0 Å². The summed E-state index contributed by atoms with van der Waals surface area (Å²) in [5.41, 5.74) is 0.279. The highest BCUT2D eigenvalue weighted by molar-refractivity contribution is 5.77. The summed E-state index contributed by atoms with van der Waals surface area (Å²) < 4.78 is 2.97. The Morgan fingerprint density at radius 2 is 1.67 bits per heavy atom. The first-order valence-electron chi connectivity index (χ1n) is 7.43. The molecule has 1 aromatic carbocycles. The molecule has 1 heterocycles. The maximum atomic E-state index is 12.4. The Bertz CT molecular complexity index is 699. The molecule has 0 N–H and O–H groups in total. The van der Waals surface area contributed by atoms with Crippen LogP contribution in [0.1, 0.15) is 20.8 Å². The van der Waals surface area contributed by atoms with Crippen molar-refractivity contribution in [2.75, 3.05) is 20.6 Å². The Morgan fingerprint density at radius 3 is 2.24 bits per heavy atom. The fourth-order valence-electron chi connectivity index (χ4n) is 2.17. The zero-order valence-electron chi connectivity index (χ0n) is 13.6. The quantitative estimate of drug-likeness (QED) is 0.862. The van der Waals surface area contributed by atoms with Gasteiger partial charge in [0.25, 0.3) is 5.56 Å². The number of hydrogen-bond donors (Lipinski definition) is 0. The van der Waals surface area contributed by atoms with Gasteiger partial charge in [0.2, 0.25) is 0 Å². The van der Waals surface area contributed by atoms with Crippen molar-refractivity contribution in [3.05, 3.63) is 45.1 Å². The molecule has 1 aromatic heterocycles. The second-order valence-electron chi connectivity index (χ2n) is 4.80. The van der Waals surface area contributed by atoms with Crippen LogP contribution in [-0.2, 0) is 13.1 Å². The molecule has 5 nitrogen and oxygen atoms in total. The van der Waals surface area contributed by atoms with Crippen LogP contribution in [0.2, 0.25) is 0 Å². The van der Waals surface area contributed by atoms with E-state index in [-0.39, 0.29) is 11.2 Å².